The van der Waals surface area contributed by atoms with Gasteiger partial charge in [0.15, 0.2) is 6.61 Å². The van der Waals surface area contributed by atoms with Crippen molar-refractivity contribution < 1.29 is 27.6 Å². The minimum atomic E-state index is -0.699. The number of carbonyl (C=O) groups excluding carboxylic acids is 2. The second kappa shape index (κ2) is 6.99. The van der Waals surface area contributed by atoms with Crippen LogP contribution in [0.2, 0.25) is 0 Å². The van der Waals surface area contributed by atoms with Crippen LogP contribution in [0, 0.1) is 6.92 Å². The van der Waals surface area contributed by atoms with Crippen molar-refractivity contribution in [3.8, 4) is 0 Å². The van der Waals surface area contributed by atoms with Crippen molar-refractivity contribution in [2.45, 2.75) is 19.4 Å². The van der Waals surface area contributed by atoms with Crippen LogP contribution in [0.1, 0.15) is 40.1 Å². The summed E-state index contributed by atoms with van der Waals surface area (Å²) < 4.78 is 21.0. The predicted octanol–water partition coefficient (Wildman–Crippen LogP) is 3.31. The summed E-state index contributed by atoms with van der Waals surface area (Å²) in [6.07, 6.45) is 4.89. The van der Waals surface area contributed by atoms with Gasteiger partial charge in [-0.05, 0) is 37.3 Å². The Morgan fingerprint density at radius 2 is 1.96 bits per heavy atom. The molecule has 1 amide bonds. The minimum absolute atomic E-state index is 0.0755. The molecule has 1 unspecified atom stereocenters. The molecule has 0 saturated heterocycles. The van der Waals surface area contributed by atoms with Crippen LogP contribution in [0.4, 0.5) is 0 Å². The summed E-state index contributed by atoms with van der Waals surface area (Å²) in [5.74, 6) is 0.0591. The van der Waals surface area contributed by atoms with Crippen LogP contribution in [0.3, 0.4) is 0 Å². The molecule has 138 valence electrons. The van der Waals surface area contributed by atoms with E-state index in [2.05, 4.69) is 5.10 Å². The Hall–Kier alpha value is -3.55. The predicted molar refractivity (Wildman–Crippen MR) is 91.9 cm³/mol. The van der Waals surface area contributed by atoms with Gasteiger partial charge in [-0.2, -0.15) is 5.10 Å². The molecule has 0 fully saturated rings. The van der Waals surface area contributed by atoms with Gasteiger partial charge in [-0.3, -0.25) is 4.79 Å². The van der Waals surface area contributed by atoms with E-state index in [-0.39, 0.29) is 5.76 Å². The fraction of sp³-hybridized carbons (Fsp3) is 0.211. The van der Waals surface area contributed by atoms with E-state index < -0.39 is 24.5 Å². The standard InChI is InChI=1S/C19H16N2O6/c1-12-6-9-26-18(12)19(23)27-11-17(22)21-14(16-5-3-8-25-16)10-13(20-21)15-4-2-7-24-15/h2-9,14H,10-11H2,1H3. The lowest BCUT2D eigenvalue weighted by atomic mass is 10.1. The highest BCUT2D eigenvalue weighted by molar-refractivity contribution is 6.01. The van der Waals surface area contributed by atoms with E-state index in [0.29, 0.717) is 29.2 Å². The molecular formula is C19H16N2O6. The molecular weight excluding hydrogens is 352 g/mol. The lowest BCUT2D eigenvalue weighted by Gasteiger charge is -2.19. The number of nitrogens with zero attached hydrogens (tertiary/aromatic N) is 2. The van der Waals surface area contributed by atoms with Crippen LogP contribution in [0.5, 0.6) is 0 Å². The summed E-state index contributed by atoms with van der Waals surface area (Å²) in [7, 11) is 0. The zero-order valence-electron chi connectivity index (χ0n) is 14.5. The number of hydrogen-bond acceptors (Lipinski definition) is 7. The monoisotopic (exact) mass is 368 g/mol. The maximum atomic E-state index is 12.7. The highest BCUT2D eigenvalue weighted by Gasteiger charge is 2.36. The number of rotatable bonds is 5. The van der Waals surface area contributed by atoms with Crippen molar-refractivity contribution >= 4 is 17.6 Å². The van der Waals surface area contributed by atoms with Crippen molar-refractivity contribution in [3.63, 3.8) is 0 Å². The van der Waals surface area contributed by atoms with Gasteiger partial charge in [0.1, 0.15) is 23.3 Å². The molecule has 27 heavy (non-hydrogen) atoms. The zero-order chi connectivity index (χ0) is 18.8. The SMILES string of the molecule is Cc1ccoc1C(=O)OCC(=O)N1N=C(c2ccco2)CC1c1ccco1. The smallest absolute Gasteiger partial charge is 0.375 e. The van der Waals surface area contributed by atoms with Gasteiger partial charge in [0, 0.05) is 12.0 Å². The average Bonchev–Trinajstić information content (AvgIpc) is 3.45. The molecule has 3 aromatic rings. The highest BCUT2D eigenvalue weighted by atomic mass is 16.5. The van der Waals surface area contributed by atoms with Crippen LogP contribution in [-0.4, -0.2) is 29.2 Å². The molecule has 0 N–H and O–H groups in total. The minimum Gasteiger partial charge on any atom is -0.467 e. The Morgan fingerprint density at radius 1 is 1.15 bits per heavy atom. The van der Waals surface area contributed by atoms with Gasteiger partial charge in [0.25, 0.3) is 5.91 Å². The first kappa shape index (κ1) is 16.9. The molecule has 0 aromatic carbocycles. The first-order valence-corrected chi connectivity index (χ1v) is 8.31. The summed E-state index contributed by atoms with van der Waals surface area (Å²) in [6.45, 7) is 1.25. The topological polar surface area (TPSA) is 98.4 Å². The molecule has 4 heterocycles. The summed E-state index contributed by atoms with van der Waals surface area (Å²) in [5.41, 5.74) is 1.25. The van der Waals surface area contributed by atoms with E-state index in [1.54, 1.807) is 37.3 Å². The van der Waals surface area contributed by atoms with Crippen LogP contribution in [0.25, 0.3) is 0 Å². The Kier molecular flexibility index (Phi) is 4.37. The molecule has 4 rings (SSSR count). The van der Waals surface area contributed by atoms with Gasteiger partial charge < -0.3 is 18.0 Å². The lowest BCUT2D eigenvalue weighted by molar-refractivity contribution is -0.136. The van der Waals surface area contributed by atoms with Crippen molar-refractivity contribution in [1.82, 2.24) is 5.01 Å². The number of amides is 1. The molecule has 1 aliphatic heterocycles. The molecule has 8 heteroatoms. The first-order chi connectivity index (χ1) is 13.1. The number of ether oxygens (including phenoxy) is 1. The van der Waals surface area contributed by atoms with Gasteiger partial charge in [-0.15, -0.1) is 0 Å². The third-order valence-electron chi connectivity index (χ3n) is 4.22. The Labute approximate surface area is 154 Å². The molecule has 1 atom stereocenters. The largest absolute Gasteiger partial charge is 0.467 e. The summed E-state index contributed by atoms with van der Waals surface area (Å²) in [4.78, 5) is 24.7. The van der Waals surface area contributed by atoms with E-state index in [0.717, 1.165) is 0 Å². The van der Waals surface area contributed by atoms with Crippen LogP contribution in [0.15, 0.2) is 67.5 Å². The van der Waals surface area contributed by atoms with Crippen molar-refractivity contribution in [1.29, 1.82) is 0 Å². The second-order valence-corrected chi connectivity index (χ2v) is 6.01. The van der Waals surface area contributed by atoms with Crippen molar-refractivity contribution in [2.24, 2.45) is 5.10 Å². The van der Waals surface area contributed by atoms with Gasteiger partial charge in [-0.25, -0.2) is 9.80 Å². The quantitative estimate of drug-likeness (QED) is 0.641. The number of hydrogen-bond donors (Lipinski definition) is 0. The van der Waals surface area contributed by atoms with Crippen molar-refractivity contribution in [3.05, 3.63) is 72.0 Å². The molecule has 8 nitrogen and oxygen atoms in total. The Bertz CT molecular complexity index is 968. The average molecular weight is 368 g/mol. The van der Waals surface area contributed by atoms with Gasteiger partial charge >= 0.3 is 5.97 Å². The van der Waals surface area contributed by atoms with Gasteiger partial charge in [-0.1, -0.05) is 0 Å². The van der Waals surface area contributed by atoms with Gasteiger partial charge in [0.05, 0.1) is 18.8 Å². The second-order valence-electron chi connectivity index (χ2n) is 6.01. The molecule has 0 saturated carbocycles. The normalized spacial score (nSPS) is 16.4. The molecule has 0 radical (unpaired) electrons. The molecule has 0 bridgehead atoms. The number of hydrazone groups is 1. The van der Waals surface area contributed by atoms with E-state index in [1.807, 2.05) is 0 Å². The Balaban J connectivity index is 1.50. The number of esters is 1. The maximum Gasteiger partial charge on any atom is 0.375 e. The number of carbonyl (C=O) groups is 2. The zero-order valence-corrected chi connectivity index (χ0v) is 14.5. The lowest BCUT2D eigenvalue weighted by Crippen LogP contribution is -2.31. The van der Waals surface area contributed by atoms with E-state index in [1.165, 1.54) is 23.8 Å². The summed E-state index contributed by atoms with van der Waals surface area (Å²) in [6, 6.07) is 8.23. The fourth-order valence-electron chi connectivity index (χ4n) is 2.88. The number of aryl methyl sites for hydroxylation is 1. The van der Waals surface area contributed by atoms with E-state index in [4.69, 9.17) is 18.0 Å². The van der Waals surface area contributed by atoms with Crippen molar-refractivity contribution in [2.75, 3.05) is 6.61 Å². The van der Waals surface area contributed by atoms with Crippen LogP contribution < -0.4 is 0 Å². The fourth-order valence-corrected chi connectivity index (χ4v) is 2.88. The summed E-state index contributed by atoms with van der Waals surface area (Å²) in [5, 5.41) is 5.62. The van der Waals surface area contributed by atoms with Crippen LogP contribution >= 0.6 is 0 Å². The highest BCUT2D eigenvalue weighted by Crippen LogP contribution is 2.33. The molecule has 0 aliphatic carbocycles. The van der Waals surface area contributed by atoms with Gasteiger partial charge in [0.2, 0.25) is 5.76 Å². The third kappa shape index (κ3) is 3.29. The first-order valence-electron chi connectivity index (χ1n) is 8.31. The maximum absolute atomic E-state index is 12.7. The van der Waals surface area contributed by atoms with E-state index >= 15 is 0 Å². The molecule has 3 aromatic heterocycles. The molecule has 1 aliphatic rings. The Morgan fingerprint density at radius 3 is 2.63 bits per heavy atom. The molecule has 0 spiro atoms. The number of furan rings is 3. The third-order valence-corrected chi connectivity index (χ3v) is 4.22. The summed E-state index contributed by atoms with van der Waals surface area (Å²) >= 11 is 0. The van der Waals surface area contributed by atoms with Crippen LogP contribution in [-0.2, 0) is 9.53 Å². The van der Waals surface area contributed by atoms with E-state index in [9.17, 15) is 9.59 Å².